The first-order valence-electron chi connectivity index (χ1n) is 21.0. The van der Waals surface area contributed by atoms with Gasteiger partial charge >= 0.3 is 0 Å². The number of hydrogen-bond donors (Lipinski definition) is 4. The van der Waals surface area contributed by atoms with Crippen molar-refractivity contribution in [3.63, 3.8) is 0 Å². The Morgan fingerprint density at radius 3 is 1.48 bits per heavy atom. The third-order valence-electron chi connectivity index (χ3n) is 10.4. The SMILES string of the molecule is Cc1cc(N=Nc2cc(C)c(N=Nc3ccccc3S(=O)(=O)O)cc2OCCCS(=O)(=O)O)c(C)cc1N=Nc1cc(C)c(N=Nc2ccc3cc(N=Nc4ccc(O)cc4)ccc3c2O)cc1C. The van der Waals surface area contributed by atoms with Crippen LogP contribution in [0.15, 0.2) is 171 Å². The van der Waals surface area contributed by atoms with Crippen molar-refractivity contribution in [2.75, 3.05) is 12.4 Å². The molecule has 7 aromatic rings. The fourth-order valence-electron chi connectivity index (χ4n) is 6.65. The molecule has 0 saturated heterocycles. The summed E-state index contributed by atoms with van der Waals surface area (Å²) in [5.74, 6) is -0.267. The van der Waals surface area contributed by atoms with Crippen LogP contribution in [0.4, 0.5) is 56.9 Å². The number of ether oxygens (including phenoxy) is 1. The normalized spacial score (nSPS) is 12.5. The predicted octanol–water partition coefficient (Wildman–Crippen LogP) is 14.8. The molecular weight excluding hydrogens is 925 g/mol. The summed E-state index contributed by atoms with van der Waals surface area (Å²) in [6.07, 6.45) is -0.0366. The molecule has 4 N–H and O–H groups in total. The minimum atomic E-state index is -4.58. The number of phenols is 2. The lowest BCUT2D eigenvalue weighted by Gasteiger charge is -2.11. The van der Waals surface area contributed by atoms with Gasteiger partial charge in [0.05, 0.1) is 52.2 Å². The Morgan fingerprint density at radius 1 is 0.464 bits per heavy atom. The summed E-state index contributed by atoms with van der Waals surface area (Å²) in [5.41, 5.74) is 7.80. The zero-order valence-corrected chi connectivity index (χ0v) is 39.3. The third-order valence-corrected chi connectivity index (χ3v) is 12.1. The zero-order chi connectivity index (χ0) is 49.5. The second-order valence-corrected chi connectivity index (χ2v) is 18.7. The molecule has 0 bridgehead atoms. The molecule has 0 spiro atoms. The second-order valence-electron chi connectivity index (χ2n) is 15.7. The molecule has 0 amide bonds. The van der Waals surface area contributed by atoms with E-state index in [0.717, 1.165) is 27.6 Å². The molecule has 0 aliphatic rings. The molecule has 69 heavy (non-hydrogen) atoms. The number of azo groups is 5. The summed E-state index contributed by atoms with van der Waals surface area (Å²) in [5, 5.41) is 65.4. The average Bonchev–Trinajstić information content (AvgIpc) is 3.30. The Morgan fingerprint density at radius 2 is 0.928 bits per heavy atom. The van der Waals surface area contributed by atoms with Crippen LogP contribution in [0, 0.1) is 34.6 Å². The van der Waals surface area contributed by atoms with E-state index in [2.05, 4.69) is 51.1 Å². The van der Waals surface area contributed by atoms with E-state index in [1.807, 2.05) is 52.0 Å². The molecule has 0 aliphatic heterocycles. The number of rotatable bonds is 16. The number of aryl methyl sites for hydroxylation is 5. The summed E-state index contributed by atoms with van der Waals surface area (Å²) in [6, 6.07) is 31.1. The molecule has 21 heteroatoms. The van der Waals surface area contributed by atoms with E-state index in [-0.39, 0.29) is 53.0 Å². The highest BCUT2D eigenvalue weighted by atomic mass is 32.2. The number of aromatic hydroxyl groups is 2. The number of nitrogens with zero attached hydrogens (tertiary/aromatic N) is 10. The lowest BCUT2D eigenvalue weighted by atomic mass is 10.1. The van der Waals surface area contributed by atoms with E-state index < -0.39 is 30.9 Å². The molecule has 0 fully saturated rings. The standard InChI is InChI=1S/C48H44N10O9S2/c1-28-22-41(29(2)21-40(28)53-52-39-18-11-33-26-35(14-17-37(33)48(39)60)50-49-34-12-15-36(59)16-13-34)54-55-42-23-31(4)43(24-30(42)3)56-58-45-25-32(5)44(27-46(45)67-19-8-20-68(61,62)63)57-51-38-9-6-7-10-47(38)69(64,65)66/h6-7,9-18,21-27,59-60H,8,19-20H2,1-5H3,(H,61,62,63)(H,64,65,66). The van der Waals surface area contributed by atoms with Gasteiger partial charge in [0.25, 0.3) is 20.2 Å². The molecule has 0 aromatic heterocycles. The van der Waals surface area contributed by atoms with Gasteiger partial charge in [-0.25, -0.2) is 0 Å². The van der Waals surface area contributed by atoms with Crippen LogP contribution in [-0.4, -0.2) is 48.5 Å². The van der Waals surface area contributed by atoms with Gasteiger partial charge in [0.2, 0.25) is 0 Å². The van der Waals surface area contributed by atoms with Crippen molar-refractivity contribution in [1.29, 1.82) is 0 Å². The number of hydrogen-bond acceptors (Lipinski definition) is 17. The maximum Gasteiger partial charge on any atom is 0.296 e. The lowest BCUT2D eigenvalue weighted by molar-refractivity contribution is 0.317. The molecule has 19 nitrogen and oxygen atoms in total. The van der Waals surface area contributed by atoms with Crippen LogP contribution in [0.5, 0.6) is 17.2 Å². The monoisotopic (exact) mass is 968 g/mol. The van der Waals surface area contributed by atoms with E-state index in [0.29, 0.717) is 45.1 Å². The molecule has 7 rings (SSSR count). The summed E-state index contributed by atoms with van der Waals surface area (Å²) < 4.78 is 71.1. The molecule has 352 valence electrons. The number of benzene rings is 7. The Balaban J connectivity index is 1.07. The van der Waals surface area contributed by atoms with Crippen LogP contribution >= 0.6 is 0 Å². The van der Waals surface area contributed by atoms with E-state index in [4.69, 9.17) is 4.74 Å². The topological polar surface area (TPSA) is 282 Å². The van der Waals surface area contributed by atoms with Crippen molar-refractivity contribution in [1.82, 2.24) is 0 Å². The first kappa shape index (κ1) is 48.9. The van der Waals surface area contributed by atoms with Crippen LogP contribution < -0.4 is 4.74 Å². The second kappa shape index (κ2) is 20.9. The fraction of sp³-hybridized carbons (Fsp3) is 0.167. The van der Waals surface area contributed by atoms with Crippen molar-refractivity contribution in [3.05, 3.63) is 143 Å². The first-order valence-corrected chi connectivity index (χ1v) is 24.0. The van der Waals surface area contributed by atoms with Crippen molar-refractivity contribution in [2.45, 2.75) is 45.9 Å². The molecule has 0 saturated carbocycles. The average molecular weight is 969 g/mol. The van der Waals surface area contributed by atoms with E-state index in [9.17, 15) is 36.2 Å². The molecule has 0 unspecified atom stereocenters. The highest BCUT2D eigenvalue weighted by molar-refractivity contribution is 7.86. The van der Waals surface area contributed by atoms with E-state index in [1.54, 1.807) is 55.5 Å². The maximum absolute atomic E-state index is 11.9. The van der Waals surface area contributed by atoms with Gasteiger partial charge in [0, 0.05) is 11.5 Å². The Bertz CT molecular complexity index is 3490. The van der Waals surface area contributed by atoms with Crippen molar-refractivity contribution in [2.24, 2.45) is 51.1 Å². The van der Waals surface area contributed by atoms with Crippen LogP contribution in [-0.2, 0) is 20.2 Å². The molecular formula is C48H44N10O9S2. The fourth-order valence-corrected chi connectivity index (χ4v) is 7.75. The van der Waals surface area contributed by atoms with Gasteiger partial charge in [0.15, 0.2) is 5.75 Å². The molecule has 7 aromatic carbocycles. The summed E-state index contributed by atoms with van der Waals surface area (Å²) >= 11 is 0. The molecule has 0 atom stereocenters. The van der Waals surface area contributed by atoms with Crippen LogP contribution in [0.2, 0.25) is 0 Å². The quantitative estimate of drug-likeness (QED) is 0.0406. The Hall–Kier alpha value is -7.98. The van der Waals surface area contributed by atoms with Gasteiger partial charge in [-0.15, -0.1) is 15.3 Å². The first-order chi connectivity index (χ1) is 32.8. The van der Waals surface area contributed by atoms with Gasteiger partial charge in [-0.3, -0.25) is 9.11 Å². The number of phenolic OH excluding ortho intramolecular Hbond substituents is 2. The van der Waals surface area contributed by atoms with Gasteiger partial charge < -0.3 is 14.9 Å². The lowest BCUT2D eigenvalue weighted by Crippen LogP contribution is -2.08. The largest absolute Gasteiger partial charge is 0.508 e. The van der Waals surface area contributed by atoms with Crippen molar-refractivity contribution < 1.29 is 40.9 Å². The highest BCUT2D eigenvalue weighted by Gasteiger charge is 2.16. The van der Waals surface area contributed by atoms with Gasteiger partial charge in [-0.2, -0.15) is 52.6 Å². The predicted molar refractivity (Wildman–Crippen MR) is 260 cm³/mol. The summed E-state index contributed by atoms with van der Waals surface area (Å²) in [6.45, 7) is 9.05. The zero-order valence-electron chi connectivity index (χ0n) is 37.7. The summed E-state index contributed by atoms with van der Waals surface area (Å²) in [4.78, 5) is -0.428. The minimum absolute atomic E-state index is 0.0312. The van der Waals surface area contributed by atoms with Crippen LogP contribution in [0.25, 0.3) is 10.8 Å². The van der Waals surface area contributed by atoms with E-state index in [1.165, 1.54) is 42.5 Å². The molecule has 0 heterocycles. The van der Waals surface area contributed by atoms with E-state index >= 15 is 0 Å². The van der Waals surface area contributed by atoms with Crippen molar-refractivity contribution >= 4 is 87.9 Å². The smallest absolute Gasteiger partial charge is 0.296 e. The van der Waals surface area contributed by atoms with Crippen molar-refractivity contribution in [3.8, 4) is 17.2 Å². The maximum atomic E-state index is 11.9. The number of fused-ring (bicyclic) bond motifs is 1. The van der Waals surface area contributed by atoms with Gasteiger partial charge in [0.1, 0.15) is 33.5 Å². The van der Waals surface area contributed by atoms with Crippen LogP contribution in [0.3, 0.4) is 0 Å². The molecule has 0 radical (unpaired) electrons. The third kappa shape index (κ3) is 12.7. The van der Waals surface area contributed by atoms with Crippen LogP contribution in [0.1, 0.15) is 34.2 Å². The highest BCUT2D eigenvalue weighted by Crippen LogP contribution is 2.41. The minimum Gasteiger partial charge on any atom is -0.508 e. The molecule has 0 aliphatic carbocycles. The van der Waals surface area contributed by atoms with Gasteiger partial charge in [-0.1, -0.05) is 18.2 Å². The summed E-state index contributed by atoms with van der Waals surface area (Å²) in [7, 11) is -8.81. The Kier molecular flexibility index (Phi) is 14.8. The Labute approximate surface area is 397 Å². The van der Waals surface area contributed by atoms with Gasteiger partial charge in [-0.05, 0) is 165 Å².